The molecular formula is C18H21BrN2O3S. The maximum atomic E-state index is 12.8. The van der Waals surface area contributed by atoms with E-state index in [-0.39, 0.29) is 23.9 Å². The minimum atomic E-state index is -3.73. The molecule has 0 bridgehead atoms. The van der Waals surface area contributed by atoms with E-state index in [0.29, 0.717) is 12.1 Å². The number of carbonyl (C=O) groups excluding carboxylic acids is 1. The Bertz CT molecular complexity index is 836. The number of sulfonamides is 1. The Morgan fingerprint density at radius 2 is 1.76 bits per heavy atom. The van der Waals surface area contributed by atoms with Gasteiger partial charge in [-0.05, 0) is 49.2 Å². The third-order valence-corrected chi connectivity index (χ3v) is 6.05. The second-order valence-corrected chi connectivity index (χ2v) is 8.51. The van der Waals surface area contributed by atoms with Crippen LogP contribution in [0.4, 0.5) is 5.69 Å². The third kappa shape index (κ3) is 5.14. The van der Waals surface area contributed by atoms with Gasteiger partial charge < -0.3 is 5.32 Å². The van der Waals surface area contributed by atoms with Gasteiger partial charge in [-0.25, -0.2) is 8.42 Å². The topological polar surface area (TPSA) is 66.5 Å². The predicted octanol–water partition coefficient (Wildman–Crippen LogP) is 3.80. The number of amides is 1. The Hall–Kier alpha value is -1.70. The zero-order valence-corrected chi connectivity index (χ0v) is 16.6. The summed E-state index contributed by atoms with van der Waals surface area (Å²) in [6.07, 6.45) is 0.618. The van der Waals surface area contributed by atoms with Gasteiger partial charge >= 0.3 is 0 Å². The van der Waals surface area contributed by atoms with Gasteiger partial charge in [0.2, 0.25) is 15.9 Å². The van der Waals surface area contributed by atoms with Crippen LogP contribution in [0.1, 0.15) is 18.9 Å². The van der Waals surface area contributed by atoms with Crippen molar-refractivity contribution in [2.24, 2.45) is 0 Å². The standard InChI is InChI=1S/C18H21BrN2O3S/c1-3-12-21(25(23,24)16-10-8-15(19)9-11-16)13-18(22)20-17-7-5-4-6-14(17)2/h4-11H,3,12-13H2,1-2H3,(H,20,22). The first-order chi connectivity index (χ1) is 11.8. The smallest absolute Gasteiger partial charge is 0.243 e. The Labute approximate surface area is 157 Å². The molecule has 2 rings (SSSR count). The van der Waals surface area contributed by atoms with Gasteiger partial charge in [0.15, 0.2) is 0 Å². The number of aryl methyl sites for hydroxylation is 1. The largest absolute Gasteiger partial charge is 0.325 e. The van der Waals surface area contributed by atoms with Crippen LogP contribution in [0, 0.1) is 6.92 Å². The average Bonchev–Trinajstić information content (AvgIpc) is 2.57. The molecular weight excluding hydrogens is 404 g/mol. The summed E-state index contributed by atoms with van der Waals surface area (Å²) >= 11 is 3.29. The molecule has 0 saturated carbocycles. The molecule has 2 aromatic rings. The lowest BCUT2D eigenvalue weighted by Crippen LogP contribution is -2.38. The number of para-hydroxylation sites is 1. The molecule has 25 heavy (non-hydrogen) atoms. The van der Waals surface area contributed by atoms with Crippen LogP contribution < -0.4 is 5.32 Å². The van der Waals surface area contributed by atoms with Crippen LogP contribution in [-0.4, -0.2) is 31.7 Å². The van der Waals surface area contributed by atoms with E-state index >= 15 is 0 Å². The summed E-state index contributed by atoms with van der Waals surface area (Å²) in [6, 6.07) is 13.8. The fourth-order valence-electron chi connectivity index (χ4n) is 2.35. The zero-order valence-electron chi connectivity index (χ0n) is 14.2. The van der Waals surface area contributed by atoms with E-state index in [4.69, 9.17) is 0 Å². The zero-order chi connectivity index (χ0) is 18.4. The highest BCUT2D eigenvalue weighted by atomic mass is 79.9. The van der Waals surface area contributed by atoms with Gasteiger partial charge in [0.1, 0.15) is 0 Å². The molecule has 0 heterocycles. The maximum Gasteiger partial charge on any atom is 0.243 e. The van der Waals surface area contributed by atoms with Gasteiger partial charge in [-0.15, -0.1) is 0 Å². The number of hydrogen-bond acceptors (Lipinski definition) is 3. The third-order valence-electron chi connectivity index (χ3n) is 3.66. The second kappa shape index (κ2) is 8.60. The van der Waals surface area contributed by atoms with E-state index in [0.717, 1.165) is 10.0 Å². The normalized spacial score (nSPS) is 11.5. The van der Waals surface area contributed by atoms with Crippen molar-refractivity contribution in [1.29, 1.82) is 0 Å². The summed E-state index contributed by atoms with van der Waals surface area (Å²) in [7, 11) is -3.73. The maximum absolute atomic E-state index is 12.8. The summed E-state index contributed by atoms with van der Waals surface area (Å²) in [5, 5.41) is 2.78. The monoisotopic (exact) mass is 424 g/mol. The van der Waals surface area contributed by atoms with E-state index in [2.05, 4.69) is 21.2 Å². The highest BCUT2D eigenvalue weighted by Crippen LogP contribution is 2.19. The Morgan fingerprint density at radius 3 is 2.36 bits per heavy atom. The van der Waals surface area contributed by atoms with Crippen LogP contribution in [0.15, 0.2) is 57.9 Å². The Balaban J connectivity index is 2.18. The van der Waals surface area contributed by atoms with E-state index in [1.165, 1.54) is 16.4 Å². The Kier molecular flexibility index (Phi) is 6.75. The predicted molar refractivity (Wildman–Crippen MR) is 103 cm³/mol. The van der Waals surface area contributed by atoms with Gasteiger partial charge in [0.05, 0.1) is 11.4 Å². The molecule has 1 N–H and O–H groups in total. The number of nitrogens with zero attached hydrogens (tertiary/aromatic N) is 1. The average molecular weight is 425 g/mol. The van der Waals surface area contributed by atoms with Crippen molar-refractivity contribution in [1.82, 2.24) is 4.31 Å². The number of nitrogens with one attached hydrogen (secondary N) is 1. The Morgan fingerprint density at radius 1 is 1.12 bits per heavy atom. The number of hydrogen-bond donors (Lipinski definition) is 1. The van der Waals surface area contributed by atoms with Gasteiger partial charge in [-0.3, -0.25) is 4.79 Å². The lowest BCUT2D eigenvalue weighted by Gasteiger charge is -2.21. The molecule has 0 aliphatic heterocycles. The van der Waals surface area contributed by atoms with Gasteiger partial charge in [-0.1, -0.05) is 41.1 Å². The first-order valence-corrected chi connectivity index (χ1v) is 10.2. The van der Waals surface area contributed by atoms with Crippen LogP contribution in [-0.2, 0) is 14.8 Å². The lowest BCUT2D eigenvalue weighted by molar-refractivity contribution is -0.116. The molecule has 0 unspecified atom stereocenters. The minimum Gasteiger partial charge on any atom is -0.325 e. The molecule has 134 valence electrons. The van der Waals surface area contributed by atoms with Crippen molar-refractivity contribution >= 4 is 37.5 Å². The summed E-state index contributed by atoms with van der Waals surface area (Å²) in [5.74, 6) is -0.358. The van der Waals surface area contributed by atoms with Gasteiger partial charge in [-0.2, -0.15) is 4.31 Å². The second-order valence-electron chi connectivity index (χ2n) is 5.66. The van der Waals surface area contributed by atoms with Crippen LogP contribution in [0.3, 0.4) is 0 Å². The highest BCUT2D eigenvalue weighted by molar-refractivity contribution is 9.10. The first kappa shape index (κ1) is 19.6. The molecule has 0 aromatic heterocycles. The summed E-state index contributed by atoms with van der Waals surface area (Å²) in [6.45, 7) is 3.82. The summed E-state index contributed by atoms with van der Waals surface area (Å²) < 4.78 is 27.6. The minimum absolute atomic E-state index is 0.174. The number of anilines is 1. The molecule has 2 aromatic carbocycles. The van der Waals surface area contributed by atoms with E-state index in [9.17, 15) is 13.2 Å². The molecule has 7 heteroatoms. The molecule has 0 radical (unpaired) electrons. The van der Waals surface area contributed by atoms with Crippen molar-refractivity contribution in [3.8, 4) is 0 Å². The lowest BCUT2D eigenvalue weighted by atomic mass is 10.2. The van der Waals surface area contributed by atoms with E-state index < -0.39 is 10.0 Å². The van der Waals surface area contributed by atoms with Crippen molar-refractivity contribution in [3.63, 3.8) is 0 Å². The molecule has 0 fully saturated rings. The van der Waals surface area contributed by atoms with Gasteiger partial charge in [0.25, 0.3) is 0 Å². The SMILES string of the molecule is CCCN(CC(=O)Nc1ccccc1C)S(=O)(=O)c1ccc(Br)cc1. The van der Waals surface area contributed by atoms with E-state index in [1.807, 2.05) is 32.0 Å². The fourth-order valence-corrected chi connectivity index (χ4v) is 4.10. The first-order valence-electron chi connectivity index (χ1n) is 7.95. The molecule has 0 atom stereocenters. The molecule has 0 aliphatic rings. The fraction of sp³-hybridized carbons (Fsp3) is 0.278. The summed E-state index contributed by atoms with van der Waals surface area (Å²) in [4.78, 5) is 12.5. The van der Waals surface area contributed by atoms with Crippen molar-refractivity contribution in [3.05, 3.63) is 58.6 Å². The number of benzene rings is 2. The highest BCUT2D eigenvalue weighted by Gasteiger charge is 2.26. The van der Waals surface area contributed by atoms with Crippen molar-refractivity contribution < 1.29 is 13.2 Å². The molecule has 0 spiro atoms. The van der Waals surface area contributed by atoms with Crippen LogP contribution in [0.25, 0.3) is 0 Å². The quantitative estimate of drug-likeness (QED) is 0.734. The molecule has 1 amide bonds. The summed E-state index contributed by atoms with van der Waals surface area (Å²) in [5.41, 5.74) is 1.61. The van der Waals surface area contributed by atoms with Crippen molar-refractivity contribution in [2.45, 2.75) is 25.2 Å². The van der Waals surface area contributed by atoms with Crippen LogP contribution in [0.5, 0.6) is 0 Å². The number of rotatable bonds is 7. The van der Waals surface area contributed by atoms with Gasteiger partial charge in [0, 0.05) is 16.7 Å². The molecule has 0 saturated heterocycles. The molecule has 5 nitrogen and oxygen atoms in total. The molecule has 0 aliphatic carbocycles. The van der Waals surface area contributed by atoms with Crippen LogP contribution in [0.2, 0.25) is 0 Å². The van der Waals surface area contributed by atoms with Crippen molar-refractivity contribution in [2.75, 3.05) is 18.4 Å². The number of halogens is 1. The van der Waals surface area contributed by atoms with Crippen LogP contribution >= 0.6 is 15.9 Å². The van der Waals surface area contributed by atoms with E-state index in [1.54, 1.807) is 18.2 Å². The number of carbonyl (C=O) groups is 1.